The smallest absolute Gasteiger partial charge is 0.125 e. The average molecular weight is 292 g/mol. The summed E-state index contributed by atoms with van der Waals surface area (Å²) >= 11 is 6.28. The van der Waals surface area contributed by atoms with Gasteiger partial charge in [-0.1, -0.05) is 17.7 Å². The fourth-order valence-electron chi connectivity index (χ4n) is 2.06. The van der Waals surface area contributed by atoms with Crippen molar-refractivity contribution in [3.05, 3.63) is 47.5 Å². The minimum atomic E-state index is 0.604. The molecule has 106 valence electrons. The van der Waals surface area contributed by atoms with Gasteiger partial charge in [0.25, 0.3) is 0 Å². The molecule has 1 aliphatic carbocycles. The van der Waals surface area contributed by atoms with E-state index in [4.69, 9.17) is 16.3 Å². The van der Waals surface area contributed by atoms with Crippen molar-refractivity contribution in [2.24, 2.45) is 0 Å². The number of ether oxygens (including phenoxy) is 1. The van der Waals surface area contributed by atoms with Gasteiger partial charge < -0.3 is 14.6 Å². The Kier molecular flexibility index (Phi) is 4.23. The molecule has 20 heavy (non-hydrogen) atoms. The summed E-state index contributed by atoms with van der Waals surface area (Å²) in [5, 5.41) is 4.24. The highest BCUT2D eigenvalue weighted by Gasteiger charge is 2.21. The highest BCUT2D eigenvalue weighted by Crippen LogP contribution is 2.28. The van der Waals surface area contributed by atoms with Crippen LogP contribution in [0.25, 0.3) is 0 Å². The van der Waals surface area contributed by atoms with Gasteiger partial charge in [-0.2, -0.15) is 0 Å². The minimum absolute atomic E-state index is 0.604. The summed E-state index contributed by atoms with van der Waals surface area (Å²) in [6, 6.07) is 6.47. The zero-order valence-electron chi connectivity index (χ0n) is 11.3. The maximum absolute atomic E-state index is 6.28. The number of rotatable bonds is 7. The lowest BCUT2D eigenvalue weighted by Crippen LogP contribution is -2.17. The van der Waals surface area contributed by atoms with Crippen LogP contribution in [0.5, 0.6) is 5.75 Å². The second-order valence-corrected chi connectivity index (χ2v) is 5.43. The van der Waals surface area contributed by atoms with E-state index in [0.29, 0.717) is 12.6 Å². The SMILES string of the molecule is Clc1cccc(OCCn2ccnc2)c1CNC1CC1. The van der Waals surface area contributed by atoms with Crippen LogP contribution in [0.1, 0.15) is 18.4 Å². The lowest BCUT2D eigenvalue weighted by Gasteiger charge is -2.13. The van der Waals surface area contributed by atoms with Gasteiger partial charge in [-0.15, -0.1) is 0 Å². The van der Waals surface area contributed by atoms with Crippen molar-refractivity contribution in [3.8, 4) is 5.75 Å². The standard InChI is InChI=1S/C15H18ClN3O/c16-14-2-1-3-15(13(14)10-18-12-4-5-12)20-9-8-19-7-6-17-11-19/h1-3,6-7,11-12,18H,4-5,8-10H2. The van der Waals surface area contributed by atoms with Crippen LogP contribution in [-0.2, 0) is 13.1 Å². The number of halogens is 1. The average Bonchev–Trinajstić information content (AvgIpc) is 3.13. The second kappa shape index (κ2) is 6.29. The van der Waals surface area contributed by atoms with E-state index in [1.54, 1.807) is 12.5 Å². The molecule has 0 aliphatic heterocycles. The quantitative estimate of drug-likeness (QED) is 0.852. The summed E-state index contributed by atoms with van der Waals surface area (Å²) in [5.41, 5.74) is 1.05. The molecule has 0 saturated heterocycles. The number of aromatic nitrogens is 2. The van der Waals surface area contributed by atoms with E-state index in [9.17, 15) is 0 Å². The van der Waals surface area contributed by atoms with Gasteiger partial charge in [0.2, 0.25) is 0 Å². The van der Waals surface area contributed by atoms with E-state index < -0.39 is 0 Å². The number of hydrogen-bond acceptors (Lipinski definition) is 3. The highest BCUT2D eigenvalue weighted by molar-refractivity contribution is 6.31. The lowest BCUT2D eigenvalue weighted by molar-refractivity contribution is 0.294. The molecular weight excluding hydrogens is 274 g/mol. The Bertz CT molecular complexity index is 552. The molecule has 3 rings (SSSR count). The Morgan fingerprint density at radius 1 is 1.40 bits per heavy atom. The Morgan fingerprint density at radius 3 is 3.05 bits per heavy atom. The van der Waals surface area contributed by atoms with E-state index in [1.165, 1.54) is 12.8 Å². The van der Waals surface area contributed by atoms with Gasteiger partial charge in [-0.25, -0.2) is 4.98 Å². The maximum Gasteiger partial charge on any atom is 0.125 e. The molecule has 1 N–H and O–H groups in total. The number of nitrogens with one attached hydrogen (secondary N) is 1. The number of benzene rings is 1. The summed E-state index contributed by atoms with van der Waals surface area (Å²) < 4.78 is 7.86. The molecule has 1 aliphatic rings. The van der Waals surface area contributed by atoms with Gasteiger partial charge in [0.15, 0.2) is 0 Å². The topological polar surface area (TPSA) is 39.1 Å². The zero-order valence-corrected chi connectivity index (χ0v) is 12.0. The van der Waals surface area contributed by atoms with E-state index >= 15 is 0 Å². The third-order valence-electron chi connectivity index (χ3n) is 3.39. The van der Waals surface area contributed by atoms with Crippen LogP contribution in [-0.4, -0.2) is 22.2 Å². The van der Waals surface area contributed by atoms with Gasteiger partial charge in [0, 0.05) is 35.6 Å². The van der Waals surface area contributed by atoms with Crippen molar-refractivity contribution in [1.82, 2.24) is 14.9 Å². The van der Waals surface area contributed by atoms with Crippen LogP contribution in [0.15, 0.2) is 36.9 Å². The summed E-state index contributed by atoms with van der Waals surface area (Å²) in [5.74, 6) is 0.866. The Hall–Kier alpha value is -1.52. The molecule has 1 aromatic heterocycles. The van der Waals surface area contributed by atoms with Crippen molar-refractivity contribution in [2.75, 3.05) is 6.61 Å². The van der Waals surface area contributed by atoms with Crippen molar-refractivity contribution >= 4 is 11.6 Å². The molecule has 1 heterocycles. The molecular formula is C15H18ClN3O. The number of imidazole rings is 1. The van der Waals surface area contributed by atoms with Gasteiger partial charge in [-0.05, 0) is 25.0 Å². The Labute approximate surface area is 123 Å². The third kappa shape index (κ3) is 3.52. The molecule has 0 spiro atoms. The van der Waals surface area contributed by atoms with Gasteiger partial charge in [-0.3, -0.25) is 0 Å². The van der Waals surface area contributed by atoms with Crippen LogP contribution in [0.3, 0.4) is 0 Å². The zero-order chi connectivity index (χ0) is 13.8. The third-order valence-corrected chi connectivity index (χ3v) is 3.74. The van der Waals surface area contributed by atoms with Crippen molar-refractivity contribution in [3.63, 3.8) is 0 Å². The summed E-state index contributed by atoms with van der Waals surface area (Å²) in [7, 11) is 0. The van der Waals surface area contributed by atoms with Crippen LogP contribution in [0.2, 0.25) is 5.02 Å². The van der Waals surface area contributed by atoms with Crippen LogP contribution >= 0.6 is 11.6 Å². The molecule has 1 fully saturated rings. The van der Waals surface area contributed by atoms with Crippen LogP contribution in [0.4, 0.5) is 0 Å². The first kappa shape index (κ1) is 13.5. The molecule has 1 aromatic carbocycles. The molecule has 4 nitrogen and oxygen atoms in total. The molecule has 5 heteroatoms. The first-order valence-electron chi connectivity index (χ1n) is 6.92. The fraction of sp³-hybridized carbons (Fsp3) is 0.400. The molecule has 1 saturated carbocycles. The number of hydrogen-bond donors (Lipinski definition) is 1. The lowest BCUT2D eigenvalue weighted by atomic mass is 10.2. The minimum Gasteiger partial charge on any atom is -0.491 e. The molecule has 0 amide bonds. The molecule has 0 bridgehead atoms. The van der Waals surface area contributed by atoms with E-state index in [2.05, 4.69) is 10.3 Å². The second-order valence-electron chi connectivity index (χ2n) is 5.02. The molecule has 0 radical (unpaired) electrons. The summed E-state index contributed by atoms with van der Waals surface area (Å²) in [6.45, 7) is 2.15. The first-order valence-corrected chi connectivity index (χ1v) is 7.30. The Morgan fingerprint density at radius 2 is 2.30 bits per heavy atom. The van der Waals surface area contributed by atoms with E-state index in [1.807, 2.05) is 29.0 Å². The van der Waals surface area contributed by atoms with E-state index in [-0.39, 0.29) is 0 Å². The van der Waals surface area contributed by atoms with Crippen LogP contribution < -0.4 is 10.1 Å². The monoisotopic (exact) mass is 291 g/mol. The number of nitrogens with zero attached hydrogens (tertiary/aromatic N) is 2. The molecule has 2 aromatic rings. The van der Waals surface area contributed by atoms with Crippen molar-refractivity contribution < 1.29 is 4.74 Å². The Balaban J connectivity index is 1.60. The maximum atomic E-state index is 6.28. The molecule has 0 atom stereocenters. The largest absolute Gasteiger partial charge is 0.491 e. The van der Waals surface area contributed by atoms with Gasteiger partial charge >= 0.3 is 0 Å². The first-order chi connectivity index (χ1) is 9.83. The normalized spacial score (nSPS) is 14.4. The predicted octanol–water partition coefficient (Wildman–Crippen LogP) is 2.87. The summed E-state index contributed by atoms with van der Waals surface area (Å²) in [4.78, 5) is 4.01. The summed E-state index contributed by atoms with van der Waals surface area (Å²) in [6.07, 6.45) is 8.01. The van der Waals surface area contributed by atoms with Crippen molar-refractivity contribution in [2.45, 2.75) is 32.0 Å². The van der Waals surface area contributed by atoms with Crippen molar-refractivity contribution in [1.29, 1.82) is 0 Å². The molecule has 0 unspecified atom stereocenters. The van der Waals surface area contributed by atoms with Gasteiger partial charge in [0.05, 0.1) is 12.9 Å². The van der Waals surface area contributed by atoms with Gasteiger partial charge in [0.1, 0.15) is 12.4 Å². The fourth-order valence-corrected chi connectivity index (χ4v) is 2.29. The highest BCUT2D eigenvalue weighted by atomic mass is 35.5. The van der Waals surface area contributed by atoms with Crippen LogP contribution in [0, 0.1) is 0 Å². The predicted molar refractivity (Wildman–Crippen MR) is 79.0 cm³/mol. The van der Waals surface area contributed by atoms with E-state index in [0.717, 1.165) is 29.4 Å².